The van der Waals surface area contributed by atoms with E-state index in [1.807, 2.05) is 0 Å². The van der Waals surface area contributed by atoms with Crippen molar-refractivity contribution in [1.82, 2.24) is 15.3 Å². The topological polar surface area (TPSA) is 37.8 Å². The number of hydrogen-bond acceptors (Lipinski definition) is 3. The van der Waals surface area contributed by atoms with Gasteiger partial charge in [-0.3, -0.25) is 0 Å². The maximum Gasteiger partial charge on any atom is 0.401 e. The Hall–Kier alpha value is -1.17. The fraction of sp³-hybridized carbons (Fsp3) is 0.429. The van der Waals surface area contributed by atoms with E-state index < -0.39 is 12.7 Å². The summed E-state index contributed by atoms with van der Waals surface area (Å²) in [5, 5.41) is 2.24. The summed E-state index contributed by atoms with van der Waals surface area (Å²) in [5.41, 5.74) is 0.631. The van der Waals surface area contributed by atoms with Gasteiger partial charge in [0, 0.05) is 24.5 Å². The molecule has 3 nitrogen and oxygen atoms in total. The van der Waals surface area contributed by atoms with Gasteiger partial charge in [-0.15, -0.1) is 0 Å². The Balaban J connectivity index is 2.29. The van der Waals surface area contributed by atoms with E-state index in [1.165, 1.54) is 18.7 Å². The summed E-state index contributed by atoms with van der Waals surface area (Å²) in [6.45, 7) is -0.873. The van der Waals surface area contributed by atoms with Crippen LogP contribution in [0.4, 0.5) is 13.2 Å². The van der Waals surface area contributed by atoms with Gasteiger partial charge < -0.3 is 5.32 Å². The van der Waals surface area contributed by atoms with Crippen molar-refractivity contribution < 1.29 is 13.2 Å². The van der Waals surface area contributed by atoms with E-state index in [1.54, 1.807) is 0 Å². The van der Waals surface area contributed by atoms with Gasteiger partial charge in [0.1, 0.15) is 6.33 Å². The summed E-state index contributed by atoms with van der Waals surface area (Å²) in [7, 11) is 0. The molecule has 0 spiro atoms. The first-order chi connectivity index (χ1) is 6.08. The van der Waals surface area contributed by atoms with Crippen molar-refractivity contribution in [1.29, 1.82) is 0 Å². The molecule has 0 aliphatic rings. The van der Waals surface area contributed by atoms with E-state index in [0.29, 0.717) is 5.56 Å². The standard InChI is InChI=1S/C7H8F3N3/c8-7(9,10)4-11-1-6-2-12-5-13-3-6/h2-3,5,11H,1,4H2. The molecule has 0 amide bonds. The van der Waals surface area contributed by atoms with Gasteiger partial charge in [0.05, 0.1) is 6.54 Å². The van der Waals surface area contributed by atoms with Gasteiger partial charge in [-0.25, -0.2) is 9.97 Å². The SMILES string of the molecule is FC(F)(F)CNCc1cncnc1. The van der Waals surface area contributed by atoms with Gasteiger partial charge in [-0.05, 0) is 0 Å². The number of alkyl halides is 3. The smallest absolute Gasteiger partial charge is 0.304 e. The second kappa shape index (κ2) is 4.18. The highest BCUT2D eigenvalue weighted by Crippen LogP contribution is 2.12. The van der Waals surface area contributed by atoms with Crippen molar-refractivity contribution in [2.75, 3.05) is 6.54 Å². The zero-order chi connectivity index (χ0) is 9.73. The molecule has 0 saturated carbocycles. The Labute approximate surface area is 73.0 Å². The van der Waals surface area contributed by atoms with Gasteiger partial charge in [-0.1, -0.05) is 0 Å². The molecule has 0 radical (unpaired) electrons. The third kappa shape index (κ3) is 4.41. The van der Waals surface area contributed by atoms with Gasteiger partial charge >= 0.3 is 6.18 Å². The Bertz CT molecular complexity index is 247. The molecule has 6 heteroatoms. The third-order valence-electron chi connectivity index (χ3n) is 1.27. The lowest BCUT2D eigenvalue weighted by molar-refractivity contribution is -0.125. The Morgan fingerprint density at radius 1 is 1.23 bits per heavy atom. The van der Waals surface area contributed by atoms with Crippen molar-refractivity contribution in [2.24, 2.45) is 0 Å². The summed E-state index contributed by atoms with van der Waals surface area (Å²) >= 11 is 0. The lowest BCUT2D eigenvalue weighted by atomic mass is 10.3. The van der Waals surface area contributed by atoms with Crippen LogP contribution < -0.4 is 5.32 Å². The average Bonchev–Trinajstić information content (AvgIpc) is 2.04. The van der Waals surface area contributed by atoms with E-state index in [4.69, 9.17) is 0 Å². The predicted molar refractivity (Wildman–Crippen MR) is 39.8 cm³/mol. The minimum atomic E-state index is -4.17. The minimum Gasteiger partial charge on any atom is -0.304 e. The molecule has 0 atom stereocenters. The first-order valence-electron chi connectivity index (χ1n) is 3.59. The second-order valence-electron chi connectivity index (χ2n) is 2.47. The second-order valence-corrected chi connectivity index (χ2v) is 2.47. The fourth-order valence-electron chi connectivity index (χ4n) is 0.770. The summed E-state index contributed by atoms with van der Waals surface area (Å²) < 4.78 is 35.0. The Morgan fingerprint density at radius 3 is 2.38 bits per heavy atom. The summed E-state index contributed by atoms with van der Waals surface area (Å²) in [4.78, 5) is 7.33. The lowest BCUT2D eigenvalue weighted by Crippen LogP contribution is -2.28. The zero-order valence-corrected chi connectivity index (χ0v) is 6.67. The van der Waals surface area contributed by atoms with Crippen LogP contribution in [0.5, 0.6) is 0 Å². The zero-order valence-electron chi connectivity index (χ0n) is 6.67. The van der Waals surface area contributed by atoms with E-state index >= 15 is 0 Å². The van der Waals surface area contributed by atoms with Crippen LogP contribution in [0.1, 0.15) is 5.56 Å². The van der Waals surface area contributed by atoms with Crippen LogP contribution in [0.3, 0.4) is 0 Å². The van der Waals surface area contributed by atoms with Crippen molar-refractivity contribution in [2.45, 2.75) is 12.7 Å². The molecule has 13 heavy (non-hydrogen) atoms. The maximum atomic E-state index is 11.7. The molecule has 1 N–H and O–H groups in total. The largest absolute Gasteiger partial charge is 0.401 e. The summed E-state index contributed by atoms with van der Waals surface area (Å²) in [5.74, 6) is 0. The van der Waals surface area contributed by atoms with Crippen molar-refractivity contribution in [3.63, 3.8) is 0 Å². The number of aromatic nitrogens is 2. The molecular weight excluding hydrogens is 183 g/mol. The molecule has 0 fully saturated rings. The molecule has 1 heterocycles. The Morgan fingerprint density at radius 2 is 1.85 bits per heavy atom. The highest BCUT2D eigenvalue weighted by atomic mass is 19.4. The van der Waals surface area contributed by atoms with Crippen LogP contribution in [0.25, 0.3) is 0 Å². The molecular formula is C7H8F3N3. The lowest BCUT2D eigenvalue weighted by Gasteiger charge is -2.07. The number of hydrogen-bond donors (Lipinski definition) is 1. The van der Waals surface area contributed by atoms with E-state index in [0.717, 1.165) is 0 Å². The highest BCUT2D eigenvalue weighted by molar-refractivity contribution is 5.01. The quantitative estimate of drug-likeness (QED) is 0.778. The molecule has 0 aromatic carbocycles. The number of nitrogens with one attached hydrogen (secondary N) is 1. The van der Waals surface area contributed by atoms with Crippen molar-refractivity contribution in [3.05, 3.63) is 24.3 Å². The van der Waals surface area contributed by atoms with Crippen LogP contribution >= 0.6 is 0 Å². The summed E-state index contributed by atoms with van der Waals surface area (Å²) in [6, 6.07) is 0. The number of rotatable bonds is 3. The molecule has 1 aromatic heterocycles. The average molecular weight is 191 g/mol. The van der Waals surface area contributed by atoms with Crippen LogP contribution in [0.2, 0.25) is 0 Å². The van der Waals surface area contributed by atoms with Gasteiger partial charge in [0.15, 0.2) is 0 Å². The van der Waals surface area contributed by atoms with Crippen molar-refractivity contribution >= 4 is 0 Å². The third-order valence-corrected chi connectivity index (χ3v) is 1.27. The van der Waals surface area contributed by atoms with E-state index in [2.05, 4.69) is 15.3 Å². The molecule has 0 bridgehead atoms. The number of halogens is 3. The van der Waals surface area contributed by atoms with Gasteiger partial charge in [-0.2, -0.15) is 13.2 Å². The van der Waals surface area contributed by atoms with Crippen LogP contribution in [-0.4, -0.2) is 22.7 Å². The first-order valence-corrected chi connectivity index (χ1v) is 3.59. The molecule has 1 rings (SSSR count). The monoisotopic (exact) mass is 191 g/mol. The molecule has 0 saturated heterocycles. The molecule has 1 aromatic rings. The molecule has 0 unspecified atom stereocenters. The predicted octanol–water partition coefficient (Wildman–Crippen LogP) is 1.13. The normalized spacial score (nSPS) is 11.6. The first kappa shape index (κ1) is 9.91. The minimum absolute atomic E-state index is 0.125. The van der Waals surface area contributed by atoms with Gasteiger partial charge in [0.25, 0.3) is 0 Å². The van der Waals surface area contributed by atoms with Crippen LogP contribution in [0, 0.1) is 0 Å². The number of nitrogens with zero attached hydrogens (tertiary/aromatic N) is 2. The highest BCUT2D eigenvalue weighted by Gasteiger charge is 2.25. The summed E-state index contributed by atoms with van der Waals surface area (Å²) in [6.07, 6.45) is 0.0929. The maximum absolute atomic E-state index is 11.7. The van der Waals surface area contributed by atoms with Crippen molar-refractivity contribution in [3.8, 4) is 0 Å². The van der Waals surface area contributed by atoms with Gasteiger partial charge in [0.2, 0.25) is 0 Å². The van der Waals surface area contributed by atoms with E-state index in [-0.39, 0.29) is 6.54 Å². The van der Waals surface area contributed by atoms with Crippen LogP contribution in [0.15, 0.2) is 18.7 Å². The molecule has 72 valence electrons. The van der Waals surface area contributed by atoms with E-state index in [9.17, 15) is 13.2 Å². The molecule has 0 aliphatic heterocycles. The molecule has 0 aliphatic carbocycles. The van der Waals surface area contributed by atoms with Crippen LogP contribution in [-0.2, 0) is 6.54 Å². The Kier molecular flexibility index (Phi) is 3.18. The fourth-order valence-corrected chi connectivity index (χ4v) is 0.770.